The molecule has 0 aliphatic rings. The Balaban J connectivity index is 2.36. The van der Waals surface area contributed by atoms with Gasteiger partial charge in [0, 0.05) is 17.2 Å². The maximum Gasteiger partial charge on any atom is 0.246 e. The van der Waals surface area contributed by atoms with E-state index in [4.69, 9.17) is 0 Å². The van der Waals surface area contributed by atoms with Gasteiger partial charge in [0.2, 0.25) is 10.0 Å². The van der Waals surface area contributed by atoms with Gasteiger partial charge in [-0.25, -0.2) is 12.8 Å². The number of hydrogen-bond donors (Lipinski definition) is 0. The molecule has 0 saturated heterocycles. The lowest BCUT2D eigenvalue weighted by molar-refractivity contribution is 0.415. The van der Waals surface area contributed by atoms with Crippen molar-refractivity contribution in [3.8, 4) is 0 Å². The first-order chi connectivity index (χ1) is 9.95. The lowest BCUT2D eigenvalue weighted by atomic mass is 10.3. The summed E-state index contributed by atoms with van der Waals surface area (Å²) in [4.78, 5) is 3.77. The first-order valence-corrected chi connectivity index (χ1v) is 8.53. The van der Waals surface area contributed by atoms with Gasteiger partial charge in [-0.05, 0) is 30.3 Å². The molecule has 21 heavy (non-hydrogen) atoms. The monoisotopic (exact) mass is 372 g/mol. The van der Waals surface area contributed by atoms with Crippen LogP contribution in [0.3, 0.4) is 0 Å². The zero-order chi connectivity index (χ0) is 15.5. The Morgan fingerprint density at radius 2 is 2.05 bits per heavy atom. The van der Waals surface area contributed by atoms with E-state index in [-0.39, 0.29) is 18.0 Å². The van der Waals surface area contributed by atoms with Gasteiger partial charge in [-0.2, -0.15) is 4.31 Å². The van der Waals surface area contributed by atoms with Crippen molar-refractivity contribution in [3.63, 3.8) is 0 Å². The minimum atomic E-state index is -3.90. The maximum atomic E-state index is 13.9. The van der Waals surface area contributed by atoms with E-state index in [1.165, 1.54) is 16.4 Å². The molecule has 112 valence electrons. The third kappa shape index (κ3) is 3.66. The molecule has 0 N–H and O–H groups in total. The van der Waals surface area contributed by atoms with Crippen molar-refractivity contribution < 1.29 is 12.8 Å². The molecule has 2 aromatic rings. The van der Waals surface area contributed by atoms with E-state index >= 15 is 0 Å². The van der Waals surface area contributed by atoms with Crippen molar-refractivity contribution >= 4 is 26.0 Å². The summed E-state index contributed by atoms with van der Waals surface area (Å²) in [5.74, 6) is -0.774. The van der Waals surface area contributed by atoms with Crippen LogP contribution in [0, 0.1) is 5.82 Å². The fourth-order valence-corrected chi connectivity index (χ4v) is 3.66. The Labute approximate surface area is 131 Å². The SMILES string of the molecule is CCN(Cc1ccccn1)S(=O)(=O)c1ccc(Br)cc1F. The molecule has 0 bridgehead atoms. The summed E-state index contributed by atoms with van der Waals surface area (Å²) in [6.07, 6.45) is 1.59. The predicted octanol–water partition coefficient (Wildman–Crippen LogP) is 3.19. The maximum absolute atomic E-state index is 13.9. The highest BCUT2D eigenvalue weighted by atomic mass is 79.9. The van der Waals surface area contributed by atoms with Gasteiger partial charge in [0.25, 0.3) is 0 Å². The third-order valence-corrected chi connectivity index (χ3v) is 5.38. The second-order valence-corrected chi connectivity index (χ2v) is 7.15. The molecule has 2 rings (SSSR count). The summed E-state index contributed by atoms with van der Waals surface area (Å²) in [6.45, 7) is 2.04. The van der Waals surface area contributed by atoms with Crippen LogP contribution in [0.15, 0.2) is 52.0 Å². The van der Waals surface area contributed by atoms with Crippen LogP contribution in [-0.2, 0) is 16.6 Å². The number of rotatable bonds is 5. The largest absolute Gasteiger partial charge is 0.260 e. The smallest absolute Gasteiger partial charge is 0.246 e. The molecule has 1 aromatic carbocycles. The Morgan fingerprint density at radius 1 is 1.29 bits per heavy atom. The number of halogens is 2. The van der Waals surface area contributed by atoms with Gasteiger partial charge in [-0.3, -0.25) is 4.98 Å². The molecule has 1 aromatic heterocycles. The van der Waals surface area contributed by atoms with Crippen molar-refractivity contribution in [2.75, 3.05) is 6.54 Å². The highest BCUT2D eigenvalue weighted by Gasteiger charge is 2.26. The topological polar surface area (TPSA) is 50.3 Å². The van der Waals surface area contributed by atoms with Crippen LogP contribution >= 0.6 is 15.9 Å². The van der Waals surface area contributed by atoms with Crippen LogP contribution < -0.4 is 0 Å². The standard InChI is InChI=1S/C14H14BrFN2O2S/c1-2-18(10-12-5-3-4-8-17-12)21(19,20)14-7-6-11(15)9-13(14)16/h3-9H,2,10H2,1H3. The van der Waals surface area contributed by atoms with E-state index in [0.717, 1.165) is 6.07 Å². The van der Waals surface area contributed by atoms with Gasteiger partial charge in [-0.15, -0.1) is 0 Å². The molecule has 0 radical (unpaired) electrons. The zero-order valence-corrected chi connectivity index (χ0v) is 13.7. The molecule has 0 aliphatic heterocycles. The van der Waals surface area contributed by atoms with E-state index in [9.17, 15) is 12.8 Å². The number of hydrogen-bond acceptors (Lipinski definition) is 3. The fourth-order valence-electron chi connectivity index (χ4n) is 1.86. The molecule has 0 unspecified atom stereocenters. The van der Waals surface area contributed by atoms with Gasteiger partial charge >= 0.3 is 0 Å². The molecule has 0 amide bonds. The summed E-state index contributed by atoms with van der Waals surface area (Å²) in [5, 5.41) is 0. The average Bonchev–Trinajstić information content (AvgIpc) is 2.45. The summed E-state index contributed by atoms with van der Waals surface area (Å²) < 4.78 is 40.7. The third-order valence-electron chi connectivity index (χ3n) is 2.93. The Bertz CT molecular complexity index is 723. The van der Waals surface area contributed by atoms with Crippen LogP contribution in [0.25, 0.3) is 0 Å². The van der Waals surface area contributed by atoms with E-state index < -0.39 is 15.8 Å². The molecular weight excluding hydrogens is 359 g/mol. The molecule has 0 spiro atoms. The highest BCUT2D eigenvalue weighted by Crippen LogP contribution is 2.23. The van der Waals surface area contributed by atoms with E-state index in [0.29, 0.717) is 10.2 Å². The predicted molar refractivity (Wildman–Crippen MR) is 81.6 cm³/mol. The van der Waals surface area contributed by atoms with Crippen LogP contribution in [-0.4, -0.2) is 24.3 Å². The Morgan fingerprint density at radius 3 is 2.62 bits per heavy atom. The molecule has 1 heterocycles. The summed E-state index contributed by atoms with van der Waals surface area (Å²) in [5.41, 5.74) is 0.612. The minimum Gasteiger partial charge on any atom is -0.260 e. The lowest BCUT2D eigenvalue weighted by Gasteiger charge is -2.20. The van der Waals surface area contributed by atoms with Crippen molar-refractivity contribution in [1.29, 1.82) is 0 Å². The van der Waals surface area contributed by atoms with E-state index in [1.807, 2.05) is 0 Å². The number of sulfonamides is 1. The first-order valence-electron chi connectivity index (χ1n) is 6.30. The molecule has 7 heteroatoms. The van der Waals surface area contributed by atoms with Gasteiger partial charge in [-0.1, -0.05) is 28.9 Å². The van der Waals surface area contributed by atoms with Crippen LogP contribution in [0.4, 0.5) is 4.39 Å². The fraction of sp³-hybridized carbons (Fsp3) is 0.214. The number of aromatic nitrogens is 1. The minimum absolute atomic E-state index is 0.106. The van der Waals surface area contributed by atoms with Gasteiger partial charge < -0.3 is 0 Å². The summed E-state index contributed by atoms with van der Waals surface area (Å²) in [6, 6.07) is 9.17. The van der Waals surface area contributed by atoms with Crippen molar-refractivity contribution in [3.05, 3.63) is 58.6 Å². The zero-order valence-electron chi connectivity index (χ0n) is 11.3. The lowest BCUT2D eigenvalue weighted by Crippen LogP contribution is -2.31. The molecule has 0 aliphatic carbocycles. The number of pyridine rings is 1. The molecule has 0 atom stereocenters. The van der Waals surface area contributed by atoms with Gasteiger partial charge in [0.1, 0.15) is 10.7 Å². The molecular formula is C14H14BrFN2O2S. The summed E-state index contributed by atoms with van der Waals surface area (Å²) >= 11 is 3.11. The van der Waals surface area contributed by atoms with Crippen LogP contribution in [0.2, 0.25) is 0 Å². The highest BCUT2D eigenvalue weighted by molar-refractivity contribution is 9.10. The van der Waals surface area contributed by atoms with E-state index in [1.54, 1.807) is 31.3 Å². The van der Waals surface area contributed by atoms with Gasteiger partial charge in [0.05, 0.1) is 12.2 Å². The van der Waals surface area contributed by atoms with Crippen molar-refractivity contribution in [2.45, 2.75) is 18.4 Å². The quantitative estimate of drug-likeness (QED) is 0.809. The van der Waals surface area contributed by atoms with Crippen molar-refractivity contribution in [2.24, 2.45) is 0 Å². The molecule has 0 saturated carbocycles. The van der Waals surface area contributed by atoms with Crippen LogP contribution in [0.5, 0.6) is 0 Å². The Kier molecular flexibility index (Phi) is 5.08. The Hall–Kier alpha value is -1.31. The second-order valence-electron chi connectivity index (χ2n) is 4.33. The van der Waals surface area contributed by atoms with Crippen molar-refractivity contribution in [1.82, 2.24) is 9.29 Å². The molecule has 4 nitrogen and oxygen atoms in total. The average molecular weight is 373 g/mol. The number of nitrogens with zero attached hydrogens (tertiary/aromatic N) is 2. The van der Waals surface area contributed by atoms with Gasteiger partial charge in [0.15, 0.2) is 0 Å². The number of benzene rings is 1. The summed E-state index contributed by atoms with van der Waals surface area (Å²) in [7, 11) is -3.90. The normalized spacial score (nSPS) is 11.8. The molecule has 0 fully saturated rings. The van der Waals surface area contributed by atoms with E-state index in [2.05, 4.69) is 20.9 Å². The van der Waals surface area contributed by atoms with Crippen LogP contribution in [0.1, 0.15) is 12.6 Å². The first kappa shape index (κ1) is 16.1. The second kappa shape index (κ2) is 6.64.